The Morgan fingerprint density at radius 3 is 2.29 bits per heavy atom. The van der Waals surface area contributed by atoms with Crippen LogP contribution in [0.3, 0.4) is 0 Å². The van der Waals surface area contributed by atoms with E-state index in [9.17, 15) is 18.0 Å². The predicted molar refractivity (Wildman–Crippen MR) is 106 cm³/mol. The van der Waals surface area contributed by atoms with E-state index in [-0.39, 0.29) is 24.0 Å². The van der Waals surface area contributed by atoms with Gasteiger partial charge in [-0.2, -0.15) is 0 Å². The molecule has 1 N–H and O–H groups in total. The average Bonchev–Trinajstić information content (AvgIpc) is 2.90. The van der Waals surface area contributed by atoms with Gasteiger partial charge < -0.3 is 14.6 Å². The quantitative estimate of drug-likeness (QED) is 0.710. The Balaban J connectivity index is 2.12. The van der Waals surface area contributed by atoms with Crippen LogP contribution in [-0.4, -0.2) is 49.9 Å². The van der Waals surface area contributed by atoms with Gasteiger partial charge in [0.15, 0.2) is 0 Å². The first-order valence-corrected chi connectivity index (χ1v) is 10.2. The number of amides is 1. The number of sulfonamides is 1. The summed E-state index contributed by atoms with van der Waals surface area (Å²) in [6.45, 7) is 5.61. The van der Waals surface area contributed by atoms with Crippen LogP contribution in [0.5, 0.6) is 0 Å². The van der Waals surface area contributed by atoms with Gasteiger partial charge >= 0.3 is 5.97 Å². The van der Waals surface area contributed by atoms with Crippen LogP contribution in [0.1, 0.15) is 28.7 Å². The molecule has 1 heterocycles. The highest BCUT2D eigenvalue weighted by Crippen LogP contribution is 2.18. The molecule has 1 aromatic carbocycles. The Morgan fingerprint density at radius 2 is 1.75 bits per heavy atom. The highest BCUT2D eigenvalue weighted by atomic mass is 32.2. The molecule has 0 atom stereocenters. The molecular formula is C19H25N3O5S. The van der Waals surface area contributed by atoms with Crippen LogP contribution in [0, 0.1) is 13.8 Å². The van der Waals surface area contributed by atoms with E-state index in [1.807, 2.05) is 6.92 Å². The van der Waals surface area contributed by atoms with Crippen LogP contribution in [0.15, 0.2) is 35.2 Å². The molecule has 0 aliphatic carbocycles. The van der Waals surface area contributed by atoms with Crippen LogP contribution in [0.25, 0.3) is 0 Å². The summed E-state index contributed by atoms with van der Waals surface area (Å²) in [5.41, 5.74) is 2.34. The van der Waals surface area contributed by atoms with Gasteiger partial charge in [-0.05, 0) is 51.1 Å². The molecule has 28 heavy (non-hydrogen) atoms. The summed E-state index contributed by atoms with van der Waals surface area (Å²) >= 11 is 0. The molecule has 0 spiro atoms. The van der Waals surface area contributed by atoms with E-state index in [0.717, 1.165) is 10.00 Å². The zero-order valence-electron chi connectivity index (χ0n) is 16.6. The third-order valence-corrected chi connectivity index (χ3v) is 6.12. The van der Waals surface area contributed by atoms with Crippen molar-refractivity contribution in [2.24, 2.45) is 0 Å². The lowest BCUT2D eigenvalue weighted by Crippen LogP contribution is -2.22. The third kappa shape index (κ3) is 4.60. The van der Waals surface area contributed by atoms with E-state index in [1.54, 1.807) is 24.5 Å². The van der Waals surface area contributed by atoms with Crippen LogP contribution in [-0.2, 0) is 26.1 Å². The maximum Gasteiger partial charge on any atom is 0.339 e. The van der Waals surface area contributed by atoms with Gasteiger partial charge in [-0.1, -0.05) is 0 Å². The lowest BCUT2D eigenvalue weighted by molar-refractivity contribution is -0.116. The molecule has 0 saturated heterocycles. The number of rotatable bonds is 7. The third-order valence-electron chi connectivity index (χ3n) is 4.29. The number of carbonyl (C=O) groups is 2. The SMILES string of the molecule is CCOC(=O)c1cc(C)n(CC(=O)Nc2ccc(S(=O)(=O)N(C)C)cc2)c1C. The van der Waals surface area contributed by atoms with E-state index in [2.05, 4.69) is 5.32 Å². The lowest BCUT2D eigenvalue weighted by Gasteiger charge is -2.13. The second-order valence-corrected chi connectivity index (χ2v) is 8.60. The van der Waals surface area contributed by atoms with E-state index in [4.69, 9.17) is 4.74 Å². The second kappa shape index (κ2) is 8.57. The Kier molecular flexibility index (Phi) is 6.63. The molecule has 9 heteroatoms. The van der Waals surface area contributed by atoms with Crippen molar-refractivity contribution >= 4 is 27.6 Å². The van der Waals surface area contributed by atoms with Gasteiger partial charge in [-0.15, -0.1) is 0 Å². The first-order valence-electron chi connectivity index (χ1n) is 8.74. The Morgan fingerprint density at radius 1 is 1.14 bits per heavy atom. The minimum absolute atomic E-state index is 0.0226. The molecule has 0 saturated carbocycles. The topological polar surface area (TPSA) is 97.7 Å². The smallest absolute Gasteiger partial charge is 0.339 e. The maximum atomic E-state index is 12.4. The largest absolute Gasteiger partial charge is 0.462 e. The molecule has 1 aromatic heterocycles. The van der Waals surface area contributed by atoms with Crippen LogP contribution in [0.4, 0.5) is 5.69 Å². The van der Waals surface area contributed by atoms with Gasteiger partial charge in [0.1, 0.15) is 6.54 Å². The molecule has 0 fully saturated rings. The van der Waals surface area contributed by atoms with Crippen molar-refractivity contribution in [2.75, 3.05) is 26.0 Å². The van der Waals surface area contributed by atoms with Gasteiger partial charge in [0.2, 0.25) is 15.9 Å². The van der Waals surface area contributed by atoms with E-state index in [0.29, 0.717) is 16.9 Å². The van der Waals surface area contributed by atoms with Gasteiger partial charge in [-0.25, -0.2) is 17.5 Å². The van der Waals surface area contributed by atoms with Crippen molar-refractivity contribution in [3.8, 4) is 0 Å². The number of benzene rings is 1. The monoisotopic (exact) mass is 407 g/mol. The number of hydrogen-bond acceptors (Lipinski definition) is 5. The summed E-state index contributed by atoms with van der Waals surface area (Å²) < 4.78 is 32.0. The molecule has 2 aromatic rings. The minimum atomic E-state index is -3.52. The fourth-order valence-electron chi connectivity index (χ4n) is 2.73. The van der Waals surface area contributed by atoms with Crippen molar-refractivity contribution in [2.45, 2.75) is 32.2 Å². The van der Waals surface area contributed by atoms with E-state index >= 15 is 0 Å². The predicted octanol–water partition coefficient (Wildman–Crippen LogP) is 2.17. The second-order valence-electron chi connectivity index (χ2n) is 6.45. The molecule has 0 bridgehead atoms. The molecular weight excluding hydrogens is 382 g/mol. The summed E-state index contributed by atoms with van der Waals surface area (Å²) in [6.07, 6.45) is 0. The van der Waals surface area contributed by atoms with E-state index < -0.39 is 16.0 Å². The number of nitrogens with zero attached hydrogens (tertiary/aromatic N) is 2. The number of hydrogen-bond donors (Lipinski definition) is 1. The Hall–Kier alpha value is -2.65. The molecule has 0 aliphatic heterocycles. The normalized spacial score (nSPS) is 11.5. The molecule has 0 unspecified atom stereocenters. The summed E-state index contributed by atoms with van der Waals surface area (Å²) in [5, 5.41) is 2.73. The first-order chi connectivity index (χ1) is 13.1. The highest BCUT2D eigenvalue weighted by Gasteiger charge is 2.19. The molecule has 152 valence electrons. The molecule has 0 aliphatic rings. The molecule has 0 radical (unpaired) electrons. The van der Waals surface area contributed by atoms with Crippen LogP contribution < -0.4 is 5.32 Å². The summed E-state index contributed by atoms with van der Waals surface area (Å²) in [7, 11) is -0.608. The zero-order chi connectivity index (χ0) is 21.1. The molecule has 8 nitrogen and oxygen atoms in total. The number of nitrogens with one attached hydrogen (secondary N) is 1. The Bertz CT molecular complexity index is 976. The van der Waals surface area contributed by atoms with Gasteiger partial charge in [-0.3, -0.25) is 4.79 Å². The van der Waals surface area contributed by atoms with Crippen molar-refractivity contribution in [1.29, 1.82) is 0 Å². The summed E-state index contributed by atoms with van der Waals surface area (Å²) in [5.74, 6) is -0.708. The van der Waals surface area contributed by atoms with Gasteiger partial charge in [0, 0.05) is 31.2 Å². The standard InChI is InChI=1S/C19H25N3O5S/c1-6-27-19(24)17-11-13(2)22(14(17)3)12-18(23)20-15-7-9-16(10-8-15)28(25,26)21(4)5/h7-11H,6,12H2,1-5H3,(H,20,23). The molecule has 2 rings (SSSR count). The van der Waals surface area contributed by atoms with Crippen molar-refractivity contribution < 1.29 is 22.7 Å². The number of anilines is 1. The van der Waals surface area contributed by atoms with Crippen LogP contribution >= 0.6 is 0 Å². The number of carbonyl (C=O) groups excluding carboxylic acids is 2. The molecule has 1 amide bonds. The van der Waals surface area contributed by atoms with Crippen LogP contribution in [0.2, 0.25) is 0 Å². The van der Waals surface area contributed by atoms with E-state index in [1.165, 1.54) is 38.4 Å². The van der Waals surface area contributed by atoms with Crippen molar-refractivity contribution in [3.63, 3.8) is 0 Å². The fourth-order valence-corrected chi connectivity index (χ4v) is 3.63. The average molecular weight is 407 g/mol. The first kappa shape index (κ1) is 21.6. The van der Waals surface area contributed by atoms with Crippen molar-refractivity contribution in [1.82, 2.24) is 8.87 Å². The lowest BCUT2D eigenvalue weighted by atomic mass is 10.2. The summed E-state index contributed by atoms with van der Waals surface area (Å²) in [6, 6.07) is 7.65. The highest BCUT2D eigenvalue weighted by molar-refractivity contribution is 7.89. The minimum Gasteiger partial charge on any atom is -0.462 e. The number of esters is 1. The van der Waals surface area contributed by atoms with Gasteiger partial charge in [0.25, 0.3) is 0 Å². The maximum absolute atomic E-state index is 12.4. The summed E-state index contributed by atoms with van der Waals surface area (Å²) in [4.78, 5) is 24.5. The zero-order valence-corrected chi connectivity index (χ0v) is 17.5. The number of aromatic nitrogens is 1. The van der Waals surface area contributed by atoms with Crippen molar-refractivity contribution in [3.05, 3.63) is 47.3 Å². The number of aryl methyl sites for hydroxylation is 1. The van der Waals surface area contributed by atoms with Gasteiger partial charge in [0.05, 0.1) is 17.1 Å². The Labute approximate surface area is 165 Å². The fraction of sp³-hybridized carbons (Fsp3) is 0.368. The number of ether oxygens (including phenoxy) is 1.